The fraction of sp³-hybridized carbons (Fsp3) is 0.136. The lowest BCUT2D eigenvalue weighted by Gasteiger charge is -2.08. The summed E-state index contributed by atoms with van der Waals surface area (Å²) in [5, 5.41) is 2.68. The van der Waals surface area contributed by atoms with E-state index in [9.17, 15) is 13.2 Å². The molecule has 0 atom stereocenters. The van der Waals surface area contributed by atoms with E-state index >= 15 is 0 Å². The van der Waals surface area contributed by atoms with Crippen molar-refractivity contribution in [1.29, 1.82) is 0 Å². The van der Waals surface area contributed by atoms with Gasteiger partial charge in [-0.1, -0.05) is 6.07 Å². The zero-order valence-electron chi connectivity index (χ0n) is 17.0. The Morgan fingerprint density at radius 3 is 2.42 bits per heavy atom. The van der Waals surface area contributed by atoms with Gasteiger partial charge in [0.2, 0.25) is 15.9 Å². The normalized spacial score (nSPS) is 11.4. The predicted molar refractivity (Wildman–Crippen MR) is 116 cm³/mol. The van der Waals surface area contributed by atoms with Gasteiger partial charge in [0, 0.05) is 11.8 Å². The van der Waals surface area contributed by atoms with Crippen molar-refractivity contribution in [3.63, 3.8) is 0 Å². The van der Waals surface area contributed by atoms with E-state index in [0.717, 1.165) is 5.56 Å². The molecule has 0 fully saturated rings. The van der Waals surface area contributed by atoms with Crippen LogP contribution in [0.1, 0.15) is 11.3 Å². The second kappa shape index (κ2) is 9.96. The van der Waals surface area contributed by atoms with Gasteiger partial charge >= 0.3 is 0 Å². The average molecular weight is 442 g/mol. The number of sulfonamides is 1. The van der Waals surface area contributed by atoms with Crippen molar-refractivity contribution in [3.05, 3.63) is 78.3 Å². The van der Waals surface area contributed by atoms with Crippen LogP contribution < -0.4 is 19.5 Å². The van der Waals surface area contributed by atoms with Gasteiger partial charge in [-0.15, -0.1) is 0 Å². The molecule has 0 unspecified atom stereocenters. The van der Waals surface area contributed by atoms with E-state index in [4.69, 9.17) is 13.9 Å². The number of nitrogens with one attached hydrogen (secondary N) is 2. The highest BCUT2D eigenvalue weighted by atomic mass is 32.2. The minimum absolute atomic E-state index is 0.0504. The van der Waals surface area contributed by atoms with Crippen LogP contribution in [0.3, 0.4) is 0 Å². The number of anilines is 1. The average Bonchev–Trinajstić information content (AvgIpc) is 3.30. The van der Waals surface area contributed by atoms with Gasteiger partial charge in [-0.05, 0) is 60.2 Å². The third kappa shape index (κ3) is 5.97. The van der Waals surface area contributed by atoms with Gasteiger partial charge < -0.3 is 19.2 Å². The van der Waals surface area contributed by atoms with Crippen LogP contribution in [0.5, 0.6) is 11.5 Å². The maximum Gasteiger partial charge on any atom is 0.248 e. The third-order valence-electron chi connectivity index (χ3n) is 4.28. The summed E-state index contributed by atoms with van der Waals surface area (Å²) >= 11 is 0. The number of rotatable bonds is 9. The Balaban J connectivity index is 1.60. The molecule has 0 aliphatic heterocycles. The highest BCUT2D eigenvalue weighted by Crippen LogP contribution is 2.28. The van der Waals surface area contributed by atoms with Crippen LogP contribution in [0, 0.1) is 0 Å². The zero-order chi connectivity index (χ0) is 22.3. The van der Waals surface area contributed by atoms with Crippen molar-refractivity contribution in [2.45, 2.75) is 11.4 Å². The molecule has 2 N–H and O–H groups in total. The third-order valence-corrected chi connectivity index (χ3v) is 5.70. The van der Waals surface area contributed by atoms with E-state index in [1.165, 1.54) is 43.7 Å². The summed E-state index contributed by atoms with van der Waals surface area (Å²) in [6.07, 6.45) is 4.48. The SMILES string of the molecule is COc1ccc(/C=C/C(=O)Nc2ccc(S(=O)(=O)NCc3ccco3)cc2)cc1OC. The van der Waals surface area contributed by atoms with Crippen LogP contribution in [0.2, 0.25) is 0 Å². The minimum atomic E-state index is -3.70. The molecular formula is C22H22N2O6S. The van der Waals surface area contributed by atoms with Gasteiger partial charge in [-0.25, -0.2) is 13.1 Å². The molecule has 0 radical (unpaired) electrons. The van der Waals surface area contributed by atoms with E-state index < -0.39 is 10.0 Å². The van der Waals surface area contributed by atoms with Crippen molar-refractivity contribution >= 4 is 27.7 Å². The largest absolute Gasteiger partial charge is 0.493 e. The van der Waals surface area contributed by atoms with Crippen LogP contribution in [-0.4, -0.2) is 28.5 Å². The summed E-state index contributed by atoms with van der Waals surface area (Å²) in [7, 11) is -0.615. The molecule has 0 spiro atoms. The van der Waals surface area contributed by atoms with Crippen LogP contribution >= 0.6 is 0 Å². The van der Waals surface area contributed by atoms with Gasteiger partial charge in [-0.3, -0.25) is 4.79 Å². The fourth-order valence-electron chi connectivity index (χ4n) is 2.69. The quantitative estimate of drug-likeness (QED) is 0.492. The van der Waals surface area contributed by atoms with E-state index in [1.807, 2.05) is 0 Å². The van der Waals surface area contributed by atoms with Gasteiger partial charge in [0.05, 0.1) is 31.9 Å². The highest BCUT2D eigenvalue weighted by Gasteiger charge is 2.14. The number of benzene rings is 2. The Morgan fingerprint density at radius 1 is 1.03 bits per heavy atom. The van der Waals surface area contributed by atoms with Crippen molar-refractivity contribution in [2.24, 2.45) is 0 Å². The summed E-state index contributed by atoms with van der Waals surface area (Å²) in [4.78, 5) is 12.3. The molecule has 0 saturated heterocycles. The molecule has 1 heterocycles. The summed E-state index contributed by atoms with van der Waals surface area (Å²) in [5.74, 6) is 1.30. The number of ether oxygens (including phenoxy) is 2. The molecule has 0 bridgehead atoms. The summed E-state index contributed by atoms with van der Waals surface area (Å²) < 4.78 is 42.7. The number of hydrogen-bond donors (Lipinski definition) is 2. The van der Waals surface area contributed by atoms with Gasteiger partial charge in [0.25, 0.3) is 0 Å². The molecule has 1 amide bonds. The zero-order valence-corrected chi connectivity index (χ0v) is 17.8. The smallest absolute Gasteiger partial charge is 0.248 e. The maximum absolute atomic E-state index is 12.3. The summed E-state index contributed by atoms with van der Waals surface area (Å²) in [6, 6.07) is 14.5. The molecule has 3 aromatic rings. The van der Waals surface area contributed by atoms with Gasteiger partial charge in [0.1, 0.15) is 5.76 Å². The first-order valence-corrected chi connectivity index (χ1v) is 10.7. The van der Waals surface area contributed by atoms with Crippen molar-refractivity contribution in [2.75, 3.05) is 19.5 Å². The van der Waals surface area contributed by atoms with E-state index in [1.54, 1.807) is 43.5 Å². The number of methoxy groups -OCH3 is 2. The number of carbonyl (C=O) groups is 1. The van der Waals surface area contributed by atoms with E-state index in [0.29, 0.717) is 22.9 Å². The number of hydrogen-bond acceptors (Lipinski definition) is 6. The van der Waals surface area contributed by atoms with Gasteiger partial charge in [0.15, 0.2) is 11.5 Å². The van der Waals surface area contributed by atoms with Crippen LogP contribution in [0.15, 0.2) is 76.2 Å². The van der Waals surface area contributed by atoms with Crippen LogP contribution in [-0.2, 0) is 21.4 Å². The summed E-state index contributed by atoms with van der Waals surface area (Å²) in [5.41, 5.74) is 1.23. The number of carbonyl (C=O) groups excluding carboxylic acids is 1. The topological polar surface area (TPSA) is 107 Å². The molecule has 2 aromatic carbocycles. The van der Waals surface area contributed by atoms with E-state index in [-0.39, 0.29) is 17.3 Å². The molecule has 3 rings (SSSR count). The second-order valence-corrected chi connectivity index (χ2v) is 8.13. The lowest BCUT2D eigenvalue weighted by Crippen LogP contribution is -2.23. The molecule has 1 aromatic heterocycles. The predicted octanol–water partition coefficient (Wildman–Crippen LogP) is 3.43. The maximum atomic E-state index is 12.3. The lowest BCUT2D eigenvalue weighted by atomic mass is 10.2. The first-order chi connectivity index (χ1) is 14.9. The Hall–Kier alpha value is -3.56. The molecule has 9 heteroatoms. The Labute approximate surface area is 180 Å². The Kier molecular flexibility index (Phi) is 7.11. The highest BCUT2D eigenvalue weighted by molar-refractivity contribution is 7.89. The van der Waals surface area contributed by atoms with Crippen molar-refractivity contribution in [3.8, 4) is 11.5 Å². The molecule has 8 nitrogen and oxygen atoms in total. The van der Waals surface area contributed by atoms with E-state index in [2.05, 4.69) is 10.0 Å². The summed E-state index contributed by atoms with van der Waals surface area (Å²) in [6.45, 7) is 0.0504. The fourth-order valence-corrected chi connectivity index (χ4v) is 3.69. The molecular weight excluding hydrogens is 420 g/mol. The number of furan rings is 1. The molecule has 162 valence electrons. The van der Waals surface area contributed by atoms with Crippen molar-refractivity contribution < 1.29 is 27.1 Å². The first kappa shape index (κ1) is 22.1. The molecule has 31 heavy (non-hydrogen) atoms. The minimum Gasteiger partial charge on any atom is -0.493 e. The number of amides is 1. The van der Waals surface area contributed by atoms with Gasteiger partial charge in [-0.2, -0.15) is 0 Å². The monoisotopic (exact) mass is 442 g/mol. The molecule has 0 aliphatic carbocycles. The van der Waals surface area contributed by atoms with Crippen molar-refractivity contribution in [1.82, 2.24) is 4.72 Å². The lowest BCUT2D eigenvalue weighted by molar-refractivity contribution is -0.111. The first-order valence-electron chi connectivity index (χ1n) is 9.24. The van der Waals surface area contributed by atoms with Crippen LogP contribution in [0.25, 0.3) is 6.08 Å². The van der Waals surface area contributed by atoms with Crippen LogP contribution in [0.4, 0.5) is 5.69 Å². The standard InChI is InChI=1S/C22H22N2O6S/c1-28-20-11-5-16(14-21(20)29-2)6-12-22(25)24-17-7-9-19(10-8-17)31(26,27)23-15-18-4-3-13-30-18/h3-14,23H,15H2,1-2H3,(H,24,25)/b12-6+. The molecule has 0 saturated carbocycles. The molecule has 0 aliphatic rings. The second-order valence-electron chi connectivity index (χ2n) is 6.37. The Bertz CT molecular complexity index is 1150. The Morgan fingerprint density at radius 2 is 1.77 bits per heavy atom.